The van der Waals surface area contributed by atoms with Gasteiger partial charge in [-0.2, -0.15) is 0 Å². The highest BCUT2D eigenvalue weighted by molar-refractivity contribution is 6.31. The molecule has 1 aromatic heterocycles. The summed E-state index contributed by atoms with van der Waals surface area (Å²) >= 11 is 12.1. The standard InChI is InChI=1S/C21H19Cl2NO3/c1-15-10-18(7-8-20(15)23)27-14-21(25)24(13-19-6-3-9-26-19)12-16-4-2-5-17(22)11-16/h2-11H,12-14H2,1H3. The molecular weight excluding hydrogens is 385 g/mol. The normalized spacial score (nSPS) is 10.6. The maximum atomic E-state index is 12.8. The lowest BCUT2D eigenvalue weighted by Gasteiger charge is -2.22. The second-order valence-electron chi connectivity index (χ2n) is 6.16. The van der Waals surface area contributed by atoms with Gasteiger partial charge in [-0.3, -0.25) is 4.79 Å². The van der Waals surface area contributed by atoms with Crippen LogP contribution in [-0.2, 0) is 17.9 Å². The van der Waals surface area contributed by atoms with Crippen molar-refractivity contribution in [1.29, 1.82) is 0 Å². The van der Waals surface area contributed by atoms with E-state index in [-0.39, 0.29) is 12.5 Å². The monoisotopic (exact) mass is 403 g/mol. The van der Waals surface area contributed by atoms with E-state index in [0.29, 0.717) is 34.6 Å². The number of halogens is 2. The van der Waals surface area contributed by atoms with Crippen molar-refractivity contribution < 1.29 is 13.9 Å². The molecule has 0 unspecified atom stereocenters. The Labute approximate surface area is 168 Å². The van der Waals surface area contributed by atoms with Gasteiger partial charge in [-0.25, -0.2) is 0 Å². The fourth-order valence-electron chi connectivity index (χ4n) is 2.62. The Bertz CT molecular complexity index is 910. The largest absolute Gasteiger partial charge is 0.484 e. The highest BCUT2D eigenvalue weighted by Gasteiger charge is 2.17. The number of aryl methyl sites for hydroxylation is 1. The van der Waals surface area contributed by atoms with E-state index in [1.807, 2.05) is 37.3 Å². The molecular formula is C21H19Cl2NO3. The molecule has 0 saturated carbocycles. The molecule has 0 aliphatic rings. The van der Waals surface area contributed by atoms with Gasteiger partial charge in [-0.05, 0) is 60.5 Å². The number of furan rings is 1. The molecule has 0 fully saturated rings. The lowest BCUT2D eigenvalue weighted by atomic mass is 10.2. The zero-order valence-electron chi connectivity index (χ0n) is 14.8. The molecule has 1 heterocycles. The average Bonchev–Trinajstić information content (AvgIpc) is 3.15. The van der Waals surface area contributed by atoms with Gasteiger partial charge in [0.15, 0.2) is 6.61 Å². The van der Waals surface area contributed by atoms with Gasteiger partial charge >= 0.3 is 0 Å². The summed E-state index contributed by atoms with van der Waals surface area (Å²) in [6, 6.07) is 16.4. The van der Waals surface area contributed by atoms with Crippen molar-refractivity contribution in [1.82, 2.24) is 4.90 Å². The Morgan fingerprint density at radius 2 is 1.93 bits per heavy atom. The van der Waals surface area contributed by atoms with Gasteiger partial charge in [0.05, 0.1) is 12.8 Å². The minimum atomic E-state index is -0.154. The second-order valence-corrected chi connectivity index (χ2v) is 7.00. The summed E-state index contributed by atoms with van der Waals surface area (Å²) in [6.07, 6.45) is 1.59. The topological polar surface area (TPSA) is 42.7 Å². The molecule has 0 N–H and O–H groups in total. The van der Waals surface area contributed by atoms with Gasteiger partial charge in [0.2, 0.25) is 0 Å². The highest BCUT2D eigenvalue weighted by atomic mass is 35.5. The smallest absolute Gasteiger partial charge is 0.261 e. The van der Waals surface area contributed by atoms with Crippen LogP contribution in [-0.4, -0.2) is 17.4 Å². The molecule has 0 spiro atoms. The lowest BCUT2D eigenvalue weighted by Crippen LogP contribution is -2.34. The number of amides is 1. The fraction of sp³-hybridized carbons (Fsp3) is 0.190. The Kier molecular flexibility index (Phi) is 6.43. The van der Waals surface area contributed by atoms with E-state index in [2.05, 4.69) is 0 Å². The first-order chi connectivity index (χ1) is 13.0. The molecule has 2 aromatic carbocycles. The number of rotatable bonds is 7. The summed E-state index contributed by atoms with van der Waals surface area (Å²) in [5, 5.41) is 1.29. The molecule has 1 amide bonds. The summed E-state index contributed by atoms with van der Waals surface area (Å²) in [6.45, 7) is 2.56. The van der Waals surface area contributed by atoms with Crippen LogP contribution in [0.15, 0.2) is 65.3 Å². The molecule has 4 nitrogen and oxygen atoms in total. The number of carbonyl (C=O) groups excluding carboxylic acids is 1. The number of carbonyl (C=O) groups is 1. The molecule has 0 atom stereocenters. The molecule has 3 rings (SSSR count). The summed E-state index contributed by atoms with van der Waals surface area (Å²) < 4.78 is 11.1. The second kappa shape index (κ2) is 8.98. The summed E-state index contributed by atoms with van der Waals surface area (Å²) in [7, 11) is 0. The molecule has 140 valence electrons. The van der Waals surface area contributed by atoms with Crippen molar-refractivity contribution in [2.24, 2.45) is 0 Å². The summed E-state index contributed by atoms with van der Waals surface area (Å²) in [5.41, 5.74) is 1.83. The van der Waals surface area contributed by atoms with E-state index < -0.39 is 0 Å². The maximum absolute atomic E-state index is 12.8. The first-order valence-electron chi connectivity index (χ1n) is 8.45. The van der Waals surface area contributed by atoms with Gasteiger partial charge in [0, 0.05) is 16.6 Å². The van der Waals surface area contributed by atoms with Gasteiger partial charge in [-0.1, -0.05) is 35.3 Å². The lowest BCUT2D eigenvalue weighted by molar-refractivity contribution is -0.134. The van der Waals surface area contributed by atoms with Crippen molar-refractivity contribution in [2.45, 2.75) is 20.0 Å². The van der Waals surface area contributed by atoms with Gasteiger partial charge in [0.1, 0.15) is 11.5 Å². The molecule has 0 aliphatic heterocycles. The molecule has 0 radical (unpaired) electrons. The van der Waals surface area contributed by atoms with Crippen LogP contribution < -0.4 is 4.74 Å². The number of hydrogen-bond acceptors (Lipinski definition) is 3. The minimum Gasteiger partial charge on any atom is -0.484 e. The number of nitrogens with zero attached hydrogens (tertiary/aromatic N) is 1. The summed E-state index contributed by atoms with van der Waals surface area (Å²) in [5.74, 6) is 1.15. The first-order valence-corrected chi connectivity index (χ1v) is 9.20. The van der Waals surface area contributed by atoms with Crippen molar-refractivity contribution in [3.63, 3.8) is 0 Å². The fourth-order valence-corrected chi connectivity index (χ4v) is 2.95. The van der Waals surface area contributed by atoms with E-state index >= 15 is 0 Å². The minimum absolute atomic E-state index is 0.0810. The highest BCUT2D eigenvalue weighted by Crippen LogP contribution is 2.21. The molecule has 0 bridgehead atoms. The molecule has 0 aliphatic carbocycles. The Morgan fingerprint density at radius 1 is 1.07 bits per heavy atom. The van der Waals surface area contributed by atoms with Crippen LogP contribution >= 0.6 is 23.2 Å². The third-order valence-corrected chi connectivity index (χ3v) is 4.69. The summed E-state index contributed by atoms with van der Waals surface area (Å²) in [4.78, 5) is 14.5. The molecule has 27 heavy (non-hydrogen) atoms. The number of benzene rings is 2. The van der Waals surface area contributed by atoms with E-state index in [4.69, 9.17) is 32.4 Å². The third kappa shape index (κ3) is 5.52. The zero-order chi connectivity index (χ0) is 19.2. The van der Waals surface area contributed by atoms with E-state index in [9.17, 15) is 4.79 Å². The predicted molar refractivity (Wildman–Crippen MR) is 106 cm³/mol. The average molecular weight is 404 g/mol. The van der Waals surface area contributed by atoms with Gasteiger partial charge < -0.3 is 14.1 Å². The van der Waals surface area contributed by atoms with Crippen molar-refractivity contribution in [3.8, 4) is 5.75 Å². The van der Waals surface area contributed by atoms with Crippen LogP contribution in [0.1, 0.15) is 16.9 Å². The van der Waals surface area contributed by atoms with E-state index in [1.165, 1.54) is 0 Å². The van der Waals surface area contributed by atoms with Crippen LogP contribution in [0.5, 0.6) is 5.75 Å². The Hall–Kier alpha value is -2.43. The van der Waals surface area contributed by atoms with Crippen LogP contribution in [0.3, 0.4) is 0 Å². The third-order valence-electron chi connectivity index (χ3n) is 4.03. The van der Waals surface area contributed by atoms with Crippen molar-refractivity contribution >= 4 is 29.1 Å². The van der Waals surface area contributed by atoms with E-state index in [1.54, 1.807) is 35.4 Å². The van der Waals surface area contributed by atoms with Crippen LogP contribution in [0.4, 0.5) is 0 Å². The van der Waals surface area contributed by atoms with Crippen LogP contribution in [0, 0.1) is 6.92 Å². The van der Waals surface area contributed by atoms with E-state index in [0.717, 1.165) is 11.1 Å². The first kappa shape index (κ1) is 19.3. The molecule has 3 aromatic rings. The zero-order valence-corrected chi connectivity index (χ0v) is 16.3. The number of hydrogen-bond donors (Lipinski definition) is 0. The van der Waals surface area contributed by atoms with Crippen molar-refractivity contribution in [3.05, 3.63) is 87.8 Å². The predicted octanol–water partition coefficient (Wildman–Crippen LogP) is 5.50. The number of ether oxygens (including phenoxy) is 1. The van der Waals surface area contributed by atoms with Gasteiger partial charge in [-0.15, -0.1) is 0 Å². The Morgan fingerprint density at radius 3 is 2.63 bits per heavy atom. The molecule has 0 saturated heterocycles. The van der Waals surface area contributed by atoms with Crippen LogP contribution in [0.25, 0.3) is 0 Å². The Balaban J connectivity index is 1.70. The quantitative estimate of drug-likeness (QED) is 0.522. The maximum Gasteiger partial charge on any atom is 0.261 e. The molecule has 6 heteroatoms. The van der Waals surface area contributed by atoms with Crippen molar-refractivity contribution in [2.75, 3.05) is 6.61 Å². The van der Waals surface area contributed by atoms with Crippen LogP contribution in [0.2, 0.25) is 10.0 Å². The van der Waals surface area contributed by atoms with Gasteiger partial charge in [0.25, 0.3) is 5.91 Å². The SMILES string of the molecule is Cc1cc(OCC(=O)N(Cc2cccc(Cl)c2)Cc2ccco2)ccc1Cl.